The molecule has 0 spiro atoms. The third-order valence-corrected chi connectivity index (χ3v) is 1.26. The highest BCUT2D eigenvalue weighted by atomic mass is 17.3. The summed E-state index contributed by atoms with van der Waals surface area (Å²) in [6.07, 6.45) is -0.752. The van der Waals surface area contributed by atoms with Gasteiger partial charge in [-0.1, -0.05) is 6.58 Å². The molecule has 1 aliphatic rings. The van der Waals surface area contributed by atoms with Crippen molar-refractivity contribution in [2.24, 2.45) is 0 Å². The zero-order valence-corrected chi connectivity index (χ0v) is 6.49. The van der Waals surface area contributed by atoms with E-state index in [1.807, 2.05) is 0 Å². The van der Waals surface area contributed by atoms with Crippen molar-refractivity contribution in [2.45, 2.75) is 26.2 Å². The van der Waals surface area contributed by atoms with Crippen molar-refractivity contribution in [1.82, 2.24) is 0 Å². The first-order valence-corrected chi connectivity index (χ1v) is 3.30. The number of carbonyl (C=O) groups excluding carboxylic acids is 1. The molecule has 1 aliphatic heterocycles. The van der Waals surface area contributed by atoms with Crippen LogP contribution in [0.15, 0.2) is 12.2 Å². The van der Waals surface area contributed by atoms with Crippen molar-refractivity contribution in [2.75, 3.05) is 0 Å². The number of hydrogen-bond acceptors (Lipinski definition) is 4. The summed E-state index contributed by atoms with van der Waals surface area (Å²) < 4.78 is 4.77. The molecule has 62 valence electrons. The van der Waals surface area contributed by atoms with Gasteiger partial charge in [0.25, 0.3) is 6.29 Å². The summed E-state index contributed by atoms with van der Waals surface area (Å²) in [6.45, 7) is 6.75. The molecular formula is C7H10O4. The monoisotopic (exact) mass is 158 g/mol. The molecule has 0 amide bonds. The van der Waals surface area contributed by atoms with Gasteiger partial charge >= 0.3 is 5.97 Å². The van der Waals surface area contributed by atoms with Crippen LogP contribution in [0.25, 0.3) is 0 Å². The Kier molecular flexibility index (Phi) is 2.26. The highest BCUT2D eigenvalue weighted by Gasteiger charge is 2.34. The van der Waals surface area contributed by atoms with Crippen LogP contribution < -0.4 is 0 Å². The summed E-state index contributed by atoms with van der Waals surface area (Å²) in [7, 11) is 0. The molecule has 0 aromatic heterocycles. The minimum atomic E-state index is -0.570. The Morgan fingerprint density at radius 2 is 2.18 bits per heavy atom. The maximum Gasteiger partial charge on any atom is 0.335 e. The maximum absolute atomic E-state index is 10.8. The van der Waals surface area contributed by atoms with E-state index in [2.05, 4.69) is 16.4 Å². The van der Waals surface area contributed by atoms with Crippen molar-refractivity contribution in [3.8, 4) is 0 Å². The van der Waals surface area contributed by atoms with Gasteiger partial charge in [-0.3, -0.25) is 0 Å². The number of ether oxygens (including phenoxy) is 1. The summed E-state index contributed by atoms with van der Waals surface area (Å²) in [5, 5.41) is 0. The summed E-state index contributed by atoms with van der Waals surface area (Å²) in [5.41, 5.74) is 0.354. The van der Waals surface area contributed by atoms with E-state index in [0.29, 0.717) is 5.57 Å². The van der Waals surface area contributed by atoms with Crippen LogP contribution in [0.1, 0.15) is 13.8 Å². The minimum Gasteiger partial charge on any atom is -0.427 e. The fourth-order valence-corrected chi connectivity index (χ4v) is 0.534. The molecule has 1 fully saturated rings. The van der Waals surface area contributed by atoms with Crippen molar-refractivity contribution in [3.63, 3.8) is 0 Å². The Hall–Kier alpha value is -0.870. The number of rotatable bonds is 2. The van der Waals surface area contributed by atoms with E-state index in [9.17, 15) is 4.79 Å². The van der Waals surface area contributed by atoms with Crippen molar-refractivity contribution >= 4 is 5.97 Å². The van der Waals surface area contributed by atoms with Crippen molar-refractivity contribution < 1.29 is 19.3 Å². The van der Waals surface area contributed by atoms with Crippen molar-refractivity contribution in [3.05, 3.63) is 12.2 Å². The second-order valence-electron chi connectivity index (χ2n) is 2.45. The molecule has 0 bridgehead atoms. The first kappa shape index (κ1) is 8.23. The molecule has 0 aliphatic carbocycles. The molecule has 2 unspecified atom stereocenters. The van der Waals surface area contributed by atoms with Gasteiger partial charge in [0.15, 0.2) is 6.10 Å². The lowest BCUT2D eigenvalue weighted by molar-refractivity contribution is -0.506. The smallest absolute Gasteiger partial charge is 0.335 e. The Bertz CT molecular complexity index is 187. The normalized spacial score (nSPS) is 28.9. The Labute approximate surface area is 64.7 Å². The highest BCUT2D eigenvalue weighted by Crippen LogP contribution is 2.18. The average Bonchev–Trinajstić information content (AvgIpc) is 1.96. The van der Waals surface area contributed by atoms with E-state index in [-0.39, 0.29) is 6.10 Å². The van der Waals surface area contributed by atoms with Crippen LogP contribution >= 0.6 is 0 Å². The topological polar surface area (TPSA) is 44.8 Å². The molecule has 0 saturated carbocycles. The van der Waals surface area contributed by atoms with Crippen LogP contribution in [0.4, 0.5) is 0 Å². The van der Waals surface area contributed by atoms with Gasteiger partial charge in [0.2, 0.25) is 0 Å². The van der Waals surface area contributed by atoms with Crippen LogP contribution in [0.3, 0.4) is 0 Å². The molecule has 0 aromatic carbocycles. The minimum absolute atomic E-state index is 0.182. The molecule has 0 radical (unpaired) electrons. The quantitative estimate of drug-likeness (QED) is 0.338. The predicted molar refractivity (Wildman–Crippen MR) is 36.3 cm³/mol. The largest absolute Gasteiger partial charge is 0.427 e. The molecule has 11 heavy (non-hydrogen) atoms. The van der Waals surface area contributed by atoms with E-state index >= 15 is 0 Å². The van der Waals surface area contributed by atoms with Crippen LogP contribution in [0.2, 0.25) is 0 Å². The van der Waals surface area contributed by atoms with Gasteiger partial charge in [-0.25, -0.2) is 9.68 Å². The molecule has 2 atom stereocenters. The molecule has 4 nitrogen and oxygen atoms in total. The summed E-state index contributed by atoms with van der Waals surface area (Å²) in [6, 6.07) is 0. The first-order chi connectivity index (χ1) is 5.11. The van der Waals surface area contributed by atoms with Gasteiger partial charge in [-0.05, 0) is 13.8 Å². The zero-order valence-electron chi connectivity index (χ0n) is 6.49. The molecule has 0 aromatic rings. The van der Waals surface area contributed by atoms with Gasteiger partial charge in [0.05, 0.1) is 0 Å². The SMILES string of the molecule is C=C(C)C(=O)OC1OOC1C. The molecule has 1 heterocycles. The van der Waals surface area contributed by atoms with E-state index in [1.165, 1.54) is 0 Å². The lowest BCUT2D eigenvalue weighted by atomic mass is 10.3. The molecule has 1 saturated heterocycles. The summed E-state index contributed by atoms with van der Waals surface area (Å²) in [4.78, 5) is 19.8. The Balaban J connectivity index is 2.31. The van der Waals surface area contributed by atoms with E-state index < -0.39 is 12.3 Å². The number of hydrogen-bond donors (Lipinski definition) is 0. The van der Waals surface area contributed by atoms with Crippen LogP contribution in [-0.2, 0) is 19.3 Å². The van der Waals surface area contributed by atoms with E-state index in [0.717, 1.165) is 0 Å². The molecule has 0 N–H and O–H groups in total. The number of esters is 1. The lowest BCUT2D eigenvalue weighted by Crippen LogP contribution is -2.43. The average molecular weight is 158 g/mol. The van der Waals surface area contributed by atoms with Crippen LogP contribution in [0, 0.1) is 0 Å². The first-order valence-electron chi connectivity index (χ1n) is 3.30. The lowest BCUT2D eigenvalue weighted by Gasteiger charge is -2.30. The van der Waals surface area contributed by atoms with E-state index in [1.54, 1.807) is 13.8 Å². The van der Waals surface area contributed by atoms with Gasteiger partial charge in [-0.2, -0.15) is 4.89 Å². The highest BCUT2D eigenvalue weighted by molar-refractivity contribution is 5.87. The second-order valence-corrected chi connectivity index (χ2v) is 2.45. The summed E-state index contributed by atoms with van der Waals surface area (Å²) in [5.74, 6) is -0.454. The Morgan fingerprint density at radius 3 is 2.45 bits per heavy atom. The van der Waals surface area contributed by atoms with Gasteiger partial charge < -0.3 is 4.74 Å². The van der Waals surface area contributed by atoms with E-state index in [4.69, 9.17) is 4.74 Å². The Morgan fingerprint density at radius 1 is 1.55 bits per heavy atom. The van der Waals surface area contributed by atoms with Crippen molar-refractivity contribution in [1.29, 1.82) is 0 Å². The van der Waals surface area contributed by atoms with Gasteiger partial charge in [-0.15, -0.1) is 0 Å². The fraction of sp³-hybridized carbons (Fsp3) is 0.571. The number of carbonyl (C=O) groups is 1. The third kappa shape index (κ3) is 1.78. The zero-order chi connectivity index (χ0) is 8.43. The fourth-order valence-electron chi connectivity index (χ4n) is 0.534. The standard InChI is InChI=1S/C7H10O4/c1-4(2)6(8)9-7-5(3)10-11-7/h5,7H,1H2,2-3H3. The third-order valence-electron chi connectivity index (χ3n) is 1.26. The second kappa shape index (κ2) is 3.02. The molecular weight excluding hydrogens is 148 g/mol. The van der Waals surface area contributed by atoms with Crippen LogP contribution in [0.5, 0.6) is 0 Å². The molecule has 1 rings (SSSR count). The predicted octanol–water partition coefficient (Wildman–Crippen LogP) is 0.782. The van der Waals surface area contributed by atoms with Crippen LogP contribution in [-0.4, -0.2) is 18.4 Å². The van der Waals surface area contributed by atoms with Gasteiger partial charge in [0.1, 0.15) is 0 Å². The van der Waals surface area contributed by atoms with Gasteiger partial charge in [0, 0.05) is 5.57 Å². The maximum atomic E-state index is 10.8. The molecule has 4 heteroatoms. The summed E-state index contributed by atoms with van der Waals surface area (Å²) >= 11 is 0.